The van der Waals surface area contributed by atoms with Crippen molar-refractivity contribution in [2.75, 3.05) is 25.9 Å². The first-order valence-corrected chi connectivity index (χ1v) is 9.07. The Morgan fingerprint density at radius 3 is 2.62 bits per heavy atom. The molecule has 1 aliphatic heterocycles. The Bertz CT molecular complexity index is 440. The fraction of sp³-hybridized carbons (Fsp3) is 0.923. The molecule has 1 aliphatic rings. The van der Waals surface area contributed by atoms with E-state index >= 15 is 0 Å². The number of hydrogen-bond donors (Lipinski definition) is 2. The van der Waals surface area contributed by atoms with Crippen LogP contribution in [0.4, 0.5) is 0 Å². The van der Waals surface area contributed by atoms with Crippen molar-refractivity contribution in [2.45, 2.75) is 45.1 Å². The van der Waals surface area contributed by atoms with Gasteiger partial charge in [-0.15, -0.1) is 12.4 Å². The van der Waals surface area contributed by atoms with Crippen molar-refractivity contribution in [2.24, 2.45) is 11.7 Å². The van der Waals surface area contributed by atoms with E-state index < -0.39 is 15.6 Å². The number of likely N-dealkylation sites (tertiary alicyclic amines) is 1. The molecule has 126 valence electrons. The molecule has 0 bridgehead atoms. The fourth-order valence-electron chi connectivity index (χ4n) is 2.67. The second-order valence-corrected chi connectivity index (χ2v) is 7.88. The molecule has 0 spiro atoms. The van der Waals surface area contributed by atoms with Gasteiger partial charge in [0.05, 0.1) is 11.8 Å². The van der Waals surface area contributed by atoms with Gasteiger partial charge in [0.2, 0.25) is 15.9 Å². The lowest BCUT2D eigenvalue weighted by Gasteiger charge is -2.37. The third-order valence-electron chi connectivity index (χ3n) is 3.70. The van der Waals surface area contributed by atoms with Crippen LogP contribution in [-0.2, 0) is 14.8 Å². The zero-order valence-electron chi connectivity index (χ0n) is 13.1. The summed E-state index contributed by atoms with van der Waals surface area (Å²) in [4.78, 5) is 14.2. The van der Waals surface area contributed by atoms with Crippen LogP contribution in [0.3, 0.4) is 0 Å². The molecule has 0 saturated carbocycles. The molecule has 1 amide bonds. The van der Waals surface area contributed by atoms with Gasteiger partial charge >= 0.3 is 0 Å². The standard InChI is InChI=1S/C13H27N3O3S.ClH/c1-4-7-13(2,14)12(17)16-8-5-6-11(10-16)9-15-20(3,18)19;/h11,15H,4-10,14H2,1-3H3;1H. The van der Waals surface area contributed by atoms with Crippen LogP contribution in [0.2, 0.25) is 0 Å². The maximum absolute atomic E-state index is 12.4. The van der Waals surface area contributed by atoms with Crippen molar-refractivity contribution in [1.82, 2.24) is 9.62 Å². The number of amides is 1. The number of halogens is 1. The van der Waals surface area contributed by atoms with Crippen LogP contribution < -0.4 is 10.5 Å². The van der Waals surface area contributed by atoms with Crippen molar-refractivity contribution in [3.8, 4) is 0 Å². The van der Waals surface area contributed by atoms with Crippen LogP contribution in [0.1, 0.15) is 39.5 Å². The highest BCUT2D eigenvalue weighted by Crippen LogP contribution is 2.20. The number of piperidine rings is 1. The van der Waals surface area contributed by atoms with Crippen LogP contribution in [-0.4, -0.2) is 50.7 Å². The maximum atomic E-state index is 12.4. The van der Waals surface area contributed by atoms with E-state index in [0.717, 1.165) is 25.5 Å². The molecule has 0 aromatic rings. The largest absolute Gasteiger partial charge is 0.341 e. The van der Waals surface area contributed by atoms with Gasteiger partial charge in [0.15, 0.2) is 0 Å². The van der Waals surface area contributed by atoms with Gasteiger partial charge in [0.25, 0.3) is 0 Å². The highest BCUT2D eigenvalue weighted by molar-refractivity contribution is 7.88. The summed E-state index contributed by atoms with van der Waals surface area (Å²) in [6.45, 7) is 5.46. The Morgan fingerprint density at radius 2 is 2.10 bits per heavy atom. The molecular formula is C13H28ClN3O3S. The Labute approximate surface area is 134 Å². The predicted molar refractivity (Wildman–Crippen MR) is 86.9 cm³/mol. The van der Waals surface area contributed by atoms with E-state index in [1.54, 1.807) is 11.8 Å². The Kier molecular flexibility index (Phi) is 8.17. The topological polar surface area (TPSA) is 92.5 Å². The number of rotatable bonds is 6. The van der Waals surface area contributed by atoms with Crippen LogP contribution in [0.25, 0.3) is 0 Å². The van der Waals surface area contributed by atoms with Crippen molar-refractivity contribution in [1.29, 1.82) is 0 Å². The smallest absolute Gasteiger partial charge is 0.242 e. The van der Waals surface area contributed by atoms with Gasteiger partial charge in [-0.25, -0.2) is 13.1 Å². The summed E-state index contributed by atoms with van der Waals surface area (Å²) < 4.78 is 24.8. The van der Waals surface area contributed by atoms with Crippen molar-refractivity contribution < 1.29 is 13.2 Å². The minimum absolute atomic E-state index is 0. The minimum atomic E-state index is -3.18. The van der Waals surface area contributed by atoms with E-state index in [0.29, 0.717) is 26.1 Å². The van der Waals surface area contributed by atoms with Crippen LogP contribution in [0.15, 0.2) is 0 Å². The summed E-state index contributed by atoms with van der Waals surface area (Å²) in [5.74, 6) is 0.142. The SMILES string of the molecule is CCCC(C)(N)C(=O)N1CCCC(CNS(C)(=O)=O)C1.Cl. The van der Waals surface area contributed by atoms with Crippen LogP contribution in [0.5, 0.6) is 0 Å². The molecule has 0 radical (unpaired) electrons. The van der Waals surface area contributed by atoms with E-state index in [-0.39, 0.29) is 24.2 Å². The third-order valence-corrected chi connectivity index (χ3v) is 4.39. The number of nitrogens with zero attached hydrogens (tertiary/aromatic N) is 1. The number of nitrogens with two attached hydrogens (primary N) is 1. The monoisotopic (exact) mass is 341 g/mol. The first kappa shape index (κ1) is 20.6. The number of carbonyl (C=O) groups excluding carboxylic acids is 1. The summed E-state index contributed by atoms with van der Waals surface area (Å²) in [7, 11) is -3.18. The molecule has 1 heterocycles. The second-order valence-electron chi connectivity index (χ2n) is 6.05. The molecule has 1 fully saturated rings. The minimum Gasteiger partial charge on any atom is -0.341 e. The van der Waals surface area contributed by atoms with Crippen molar-refractivity contribution in [3.63, 3.8) is 0 Å². The molecular weight excluding hydrogens is 314 g/mol. The molecule has 8 heteroatoms. The van der Waals surface area contributed by atoms with Crippen molar-refractivity contribution in [3.05, 3.63) is 0 Å². The number of nitrogens with one attached hydrogen (secondary N) is 1. The van der Waals surface area contributed by atoms with Gasteiger partial charge in [-0.05, 0) is 32.1 Å². The summed E-state index contributed by atoms with van der Waals surface area (Å²) in [5.41, 5.74) is 5.27. The van der Waals surface area contributed by atoms with Gasteiger partial charge in [-0.1, -0.05) is 13.3 Å². The second kappa shape index (κ2) is 8.31. The van der Waals surface area contributed by atoms with Crippen LogP contribution >= 0.6 is 12.4 Å². The van der Waals surface area contributed by atoms with Gasteiger partial charge in [-0.3, -0.25) is 4.79 Å². The molecule has 0 aliphatic carbocycles. The zero-order valence-corrected chi connectivity index (χ0v) is 14.7. The third kappa shape index (κ3) is 6.95. The average Bonchev–Trinajstić information content (AvgIpc) is 2.35. The molecule has 0 aromatic heterocycles. The number of sulfonamides is 1. The van der Waals surface area contributed by atoms with Gasteiger partial charge < -0.3 is 10.6 Å². The molecule has 1 rings (SSSR count). The molecule has 2 atom stereocenters. The summed E-state index contributed by atoms with van der Waals surface area (Å²) in [5, 5.41) is 0. The fourth-order valence-corrected chi connectivity index (χ4v) is 3.21. The zero-order chi connectivity index (χ0) is 15.4. The lowest BCUT2D eigenvalue weighted by atomic mass is 9.92. The van der Waals surface area contributed by atoms with Crippen molar-refractivity contribution >= 4 is 28.3 Å². The highest BCUT2D eigenvalue weighted by Gasteiger charge is 2.34. The maximum Gasteiger partial charge on any atom is 0.242 e. The van der Waals surface area contributed by atoms with E-state index in [1.807, 2.05) is 6.92 Å². The average molecular weight is 342 g/mol. The van der Waals surface area contributed by atoms with Gasteiger partial charge in [-0.2, -0.15) is 0 Å². The molecule has 1 saturated heterocycles. The summed E-state index contributed by atoms with van der Waals surface area (Å²) >= 11 is 0. The molecule has 2 unspecified atom stereocenters. The highest BCUT2D eigenvalue weighted by atomic mass is 35.5. The van der Waals surface area contributed by atoms with Gasteiger partial charge in [0.1, 0.15) is 0 Å². The lowest BCUT2D eigenvalue weighted by molar-refractivity contribution is -0.138. The molecule has 3 N–H and O–H groups in total. The van der Waals surface area contributed by atoms with E-state index in [9.17, 15) is 13.2 Å². The first-order chi connectivity index (χ1) is 9.15. The Hall–Kier alpha value is -0.370. The summed E-state index contributed by atoms with van der Waals surface area (Å²) in [6, 6.07) is 0. The van der Waals surface area contributed by atoms with Crippen LogP contribution in [0, 0.1) is 5.92 Å². The van der Waals surface area contributed by atoms with E-state index in [2.05, 4.69) is 4.72 Å². The molecule has 0 aromatic carbocycles. The van der Waals surface area contributed by atoms with Gasteiger partial charge in [0, 0.05) is 19.6 Å². The first-order valence-electron chi connectivity index (χ1n) is 7.18. The number of hydrogen-bond acceptors (Lipinski definition) is 4. The Morgan fingerprint density at radius 1 is 1.48 bits per heavy atom. The predicted octanol–water partition coefficient (Wildman–Crippen LogP) is 0.714. The normalized spacial score (nSPS) is 22.3. The Balaban J connectivity index is 0.00000400. The number of carbonyl (C=O) groups is 1. The lowest BCUT2D eigenvalue weighted by Crippen LogP contribution is -2.56. The van der Waals surface area contributed by atoms with E-state index in [4.69, 9.17) is 5.73 Å². The van der Waals surface area contributed by atoms with E-state index in [1.165, 1.54) is 0 Å². The summed E-state index contributed by atoms with van der Waals surface area (Å²) in [6.07, 6.45) is 4.50. The quantitative estimate of drug-likeness (QED) is 0.744. The molecule has 6 nitrogen and oxygen atoms in total. The molecule has 21 heavy (non-hydrogen) atoms.